The summed E-state index contributed by atoms with van der Waals surface area (Å²) >= 11 is 0. The fraction of sp³-hybridized carbons (Fsp3) is 0.611. The van der Waals surface area contributed by atoms with E-state index in [1.54, 1.807) is 12.1 Å². The number of nitrogens with zero attached hydrogens (tertiary/aromatic N) is 1. The molecule has 0 unspecified atom stereocenters. The van der Waals surface area contributed by atoms with Gasteiger partial charge in [-0.1, -0.05) is 26.8 Å². The topological polar surface area (TPSA) is 54.5 Å². The van der Waals surface area contributed by atoms with E-state index in [1.165, 1.54) is 6.07 Å². The highest BCUT2D eigenvalue weighted by molar-refractivity contribution is 7.90. The number of amides is 1. The quantitative estimate of drug-likeness (QED) is 0.742. The van der Waals surface area contributed by atoms with Gasteiger partial charge in [-0.05, 0) is 41.5 Å². The Bertz CT molecular complexity index is 876. The van der Waals surface area contributed by atoms with Gasteiger partial charge in [0.25, 0.3) is 0 Å². The molecule has 0 radical (unpaired) electrons. The first-order chi connectivity index (χ1) is 11.7. The van der Waals surface area contributed by atoms with E-state index in [0.29, 0.717) is 6.42 Å². The molecular formula is C18H22F3NO3S. The molecule has 0 saturated carbocycles. The Kier molecular flexibility index (Phi) is 4.04. The zero-order chi connectivity index (χ0) is 19.7. The Morgan fingerprint density at radius 1 is 1.23 bits per heavy atom. The number of fused-ring (bicyclic) bond motifs is 4. The number of benzene rings is 1. The first-order valence-corrected chi connectivity index (χ1v) is 10.3. The predicted molar refractivity (Wildman–Crippen MR) is 90.6 cm³/mol. The van der Waals surface area contributed by atoms with Crippen molar-refractivity contribution in [3.8, 4) is 0 Å². The third-order valence-electron chi connectivity index (χ3n) is 6.50. The molecule has 3 rings (SSSR count). The molecule has 1 aromatic rings. The highest BCUT2D eigenvalue weighted by atomic mass is 32.2. The number of piperidine rings is 1. The second kappa shape index (κ2) is 5.47. The van der Waals surface area contributed by atoms with Crippen LogP contribution in [0.4, 0.5) is 13.2 Å². The van der Waals surface area contributed by atoms with Crippen LogP contribution in [-0.2, 0) is 26.5 Å². The average molecular weight is 389 g/mol. The van der Waals surface area contributed by atoms with Crippen molar-refractivity contribution in [1.29, 1.82) is 0 Å². The Morgan fingerprint density at radius 3 is 2.38 bits per heavy atom. The van der Waals surface area contributed by atoms with Gasteiger partial charge in [0.05, 0.1) is 4.90 Å². The number of alkyl halides is 3. The molecule has 4 nitrogen and oxygen atoms in total. The summed E-state index contributed by atoms with van der Waals surface area (Å²) in [5.41, 5.74) is 0.522. The second-order valence-electron chi connectivity index (χ2n) is 8.11. The van der Waals surface area contributed by atoms with Crippen LogP contribution in [0, 0.1) is 5.41 Å². The van der Waals surface area contributed by atoms with Crippen LogP contribution in [0.3, 0.4) is 0 Å². The molecule has 2 aliphatic rings. The molecule has 1 aliphatic heterocycles. The monoisotopic (exact) mass is 389 g/mol. The molecule has 1 aromatic carbocycles. The van der Waals surface area contributed by atoms with Gasteiger partial charge >= 0.3 is 12.1 Å². The third kappa shape index (κ3) is 2.64. The van der Waals surface area contributed by atoms with Crippen molar-refractivity contribution in [1.82, 2.24) is 4.90 Å². The molecule has 2 bridgehead atoms. The van der Waals surface area contributed by atoms with Gasteiger partial charge in [-0.2, -0.15) is 13.2 Å². The summed E-state index contributed by atoms with van der Waals surface area (Å²) in [5.74, 6) is -1.80. The van der Waals surface area contributed by atoms with Crippen molar-refractivity contribution in [2.75, 3.05) is 12.8 Å². The van der Waals surface area contributed by atoms with Gasteiger partial charge in [-0.3, -0.25) is 4.79 Å². The van der Waals surface area contributed by atoms with Gasteiger partial charge in [-0.15, -0.1) is 0 Å². The van der Waals surface area contributed by atoms with Crippen LogP contribution in [0.2, 0.25) is 0 Å². The van der Waals surface area contributed by atoms with Crippen LogP contribution < -0.4 is 0 Å². The largest absolute Gasteiger partial charge is 0.471 e. The number of rotatable bonds is 1. The fourth-order valence-corrected chi connectivity index (χ4v) is 5.17. The number of halogens is 3. The maximum Gasteiger partial charge on any atom is 0.471 e. The Labute approximate surface area is 151 Å². The van der Waals surface area contributed by atoms with Crippen LogP contribution in [0.5, 0.6) is 0 Å². The minimum Gasteiger partial charge on any atom is -0.331 e. The van der Waals surface area contributed by atoms with Crippen molar-refractivity contribution in [3.05, 3.63) is 29.3 Å². The normalized spacial score (nSPS) is 27.8. The first-order valence-electron chi connectivity index (χ1n) is 8.41. The average Bonchev–Trinajstić information content (AvgIpc) is 2.48. The van der Waals surface area contributed by atoms with Gasteiger partial charge in [-0.25, -0.2) is 8.42 Å². The zero-order valence-electron chi connectivity index (χ0n) is 15.1. The molecule has 1 heterocycles. The van der Waals surface area contributed by atoms with Crippen LogP contribution in [0.15, 0.2) is 23.1 Å². The number of carbonyl (C=O) groups is 1. The zero-order valence-corrected chi connectivity index (χ0v) is 16.0. The van der Waals surface area contributed by atoms with E-state index < -0.39 is 38.8 Å². The predicted octanol–water partition coefficient (Wildman–Crippen LogP) is 3.09. The lowest BCUT2D eigenvalue weighted by molar-refractivity contribution is -0.195. The standard InChI is InChI=1S/C18H22F3NO3S/c1-16(2)14-9-11-5-6-12(26(4,24)25)10-13(11)17(16,3)7-8-22(14)15(23)18(19,20)21/h5-6,10,14H,7-9H2,1-4H3/t14-,17-/m0/s1. The Morgan fingerprint density at radius 2 is 1.85 bits per heavy atom. The summed E-state index contributed by atoms with van der Waals surface area (Å²) in [6.07, 6.45) is -3.13. The van der Waals surface area contributed by atoms with E-state index >= 15 is 0 Å². The SMILES string of the molecule is CC1(C)[C@@H]2Cc3ccc(S(C)(=O)=O)cc3[C@]1(C)CCN2C(=O)C(F)(F)F. The molecule has 1 saturated heterocycles. The van der Waals surface area contributed by atoms with Gasteiger partial charge < -0.3 is 4.90 Å². The van der Waals surface area contributed by atoms with Crippen molar-refractivity contribution in [2.45, 2.75) is 56.1 Å². The number of carbonyl (C=O) groups excluding carboxylic acids is 1. The minimum atomic E-state index is -4.90. The number of sulfone groups is 1. The van der Waals surface area contributed by atoms with Crippen molar-refractivity contribution in [3.63, 3.8) is 0 Å². The summed E-state index contributed by atoms with van der Waals surface area (Å²) in [4.78, 5) is 13.1. The molecule has 26 heavy (non-hydrogen) atoms. The maximum atomic E-state index is 13.0. The van der Waals surface area contributed by atoms with E-state index in [-0.39, 0.29) is 17.9 Å². The highest BCUT2D eigenvalue weighted by Crippen LogP contribution is 2.56. The molecule has 1 amide bonds. The van der Waals surface area contributed by atoms with E-state index in [1.807, 2.05) is 20.8 Å². The number of hydrogen-bond donors (Lipinski definition) is 0. The molecule has 0 spiro atoms. The number of hydrogen-bond acceptors (Lipinski definition) is 3. The lowest BCUT2D eigenvalue weighted by atomic mass is 9.51. The second-order valence-corrected chi connectivity index (χ2v) is 10.1. The van der Waals surface area contributed by atoms with Crippen molar-refractivity contribution in [2.24, 2.45) is 5.41 Å². The van der Waals surface area contributed by atoms with E-state index in [2.05, 4.69) is 0 Å². The smallest absolute Gasteiger partial charge is 0.331 e. The summed E-state index contributed by atoms with van der Waals surface area (Å²) in [5, 5.41) is 0. The van der Waals surface area contributed by atoms with Crippen molar-refractivity contribution >= 4 is 15.7 Å². The van der Waals surface area contributed by atoms with Crippen LogP contribution in [0.1, 0.15) is 38.3 Å². The molecule has 1 fully saturated rings. The summed E-state index contributed by atoms with van der Waals surface area (Å²) < 4.78 is 62.9. The number of likely N-dealkylation sites (tertiary alicyclic amines) is 1. The lowest BCUT2D eigenvalue weighted by Gasteiger charge is -2.60. The fourth-order valence-electron chi connectivity index (χ4n) is 4.52. The summed E-state index contributed by atoms with van der Waals surface area (Å²) in [7, 11) is -3.38. The molecular weight excluding hydrogens is 367 g/mol. The molecule has 8 heteroatoms. The Balaban J connectivity index is 2.14. The first kappa shape index (κ1) is 19.2. The maximum absolute atomic E-state index is 13.0. The molecule has 144 valence electrons. The van der Waals surface area contributed by atoms with Crippen molar-refractivity contribution < 1.29 is 26.4 Å². The summed E-state index contributed by atoms with van der Waals surface area (Å²) in [6, 6.07) is 4.23. The summed E-state index contributed by atoms with van der Waals surface area (Å²) in [6.45, 7) is 5.69. The van der Waals surface area contributed by atoms with Crippen LogP contribution in [0.25, 0.3) is 0 Å². The molecule has 1 aliphatic carbocycles. The van der Waals surface area contributed by atoms with E-state index in [9.17, 15) is 26.4 Å². The Hall–Kier alpha value is -1.57. The van der Waals surface area contributed by atoms with Gasteiger partial charge in [0, 0.05) is 24.3 Å². The molecule has 0 N–H and O–H groups in total. The van der Waals surface area contributed by atoms with E-state index in [0.717, 1.165) is 22.3 Å². The molecule has 0 aromatic heterocycles. The van der Waals surface area contributed by atoms with Crippen LogP contribution in [-0.4, -0.2) is 44.2 Å². The van der Waals surface area contributed by atoms with Gasteiger partial charge in [0.1, 0.15) is 0 Å². The van der Waals surface area contributed by atoms with Crippen LogP contribution >= 0.6 is 0 Å². The van der Waals surface area contributed by atoms with Gasteiger partial charge in [0.15, 0.2) is 9.84 Å². The lowest BCUT2D eigenvalue weighted by Crippen LogP contribution is -2.66. The van der Waals surface area contributed by atoms with E-state index in [4.69, 9.17) is 0 Å². The minimum absolute atomic E-state index is 0.00544. The highest BCUT2D eigenvalue weighted by Gasteiger charge is 2.59. The molecule has 2 atom stereocenters. The third-order valence-corrected chi connectivity index (χ3v) is 7.61. The van der Waals surface area contributed by atoms with Gasteiger partial charge in [0.2, 0.25) is 0 Å².